The van der Waals surface area contributed by atoms with Crippen molar-refractivity contribution in [1.29, 1.82) is 0 Å². The molecule has 2 N–H and O–H groups in total. The summed E-state index contributed by atoms with van der Waals surface area (Å²) in [5, 5.41) is 10.0. The minimum Gasteiger partial charge on any atom is -0.316 e. The van der Waals surface area contributed by atoms with Gasteiger partial charge in [-0.1, -0.05) is 11.6 Å². The van der Waals surface area contributed by atoms with Crippen LogP contribution in [0.15, 0.2) is 35.4 Å². The molecule has 0 bridgehead atoms. The van der Waals surface area contributed by atoms with Crippen LogP contribution in [0, 0.1) is 5.82 Å². The summed E-state index contributed by atoms with van der Waals surface area (Å²) in [7, 11) is -2.53. The van der Waals surface area contributed by atoms with Gasteiger partial charge in [-0.05, 0) is 31.3 Å². The van der Waals surface area contributed by atoms with E-state index in [1.54, 1.807) is 7.05 Å². The van der Waals surface area contributed by atoms with Crippen molar-refractivity contribution >= 4 is 27.4 Å². The second-order valence-corrected chi connectivity index (χ2v) is 6.21. The Bertz CT molecular complexity index is 740. The standard InChI is InChI=1S/C12H12ClFN4O2S/c1-15-7-8-5-9(13)6-10(12(8)14)21(19,20)18-11-3-2-4-16-17-11/h2-6,15H,7H2,1H3,(H,17,18). The molecule has 0 fully saturated rings. The fourth-order valence-corrected chi connectivity index (χ4v) is 3.13. The number of sulfonamides is 1. The molecule has 1 heterocycles. The lowest BCUT2D eigenvalue weighted by Gasteiger charge is -2.11. The van der Waals surface area contributed by atoms with E-state index in [1.165, 1.54) is 24.4 Å². The van der Waals surface area contributed by atoms with Crippen molar-refractivity contribution in [3.05, 3.63) is 46.9 Å². The highest BCUT2D eigenvalue weighted by Gasteiger charge is 2.23. The monoisotopic (exact) mass is 330 g/mol. The topological polar surface area (TPSA) is 84.0 Å². The van der Waals surface area contributed by atoms with Gasteiger partial charge in [-0.15, -0.1) is 5.10 Å². The Balaban J connectivity index is 2.45. The molecule has 2 aromatic rings. The third-order valence-electron chi connectivity index (χ3n) is 2.55. The van der Waals surface area contributed by atoms with E-state index >= 15 is 0 Å². The quantitative estimate of drug-likeness (QED) is 0.873. The summed E-state index contributed by atoms with van der Waals surface area (Å²) in [5.74, 6) is -0.864. The molecule has 0 aliphatic rings. The van der Waals surface area contributed by atoms with E-state index in [0.717, 1.165) is 6.07 Å². The molecule has 2 rings (SSSR count). The van der Waals surface area contributed by atoms with Gasteiger partial charge in [-0.25, -0.2) is 12.8 Å². The fourth-order valence-electron chi connectivity index (χ4n) is 1.68. The molecular formula is C12H12ClFN4O2S. The number of halogens is 2. The molecule has 6 nitrogen and oxygen atoms in total. The number of hydrogen-bond acceptors (Lipinski definition) is 5. The number of benzene rings is 1. The van der Waals surface area contributed by atoms with Gasteiger partial charge in [-0.2, -0.15) is 5.10 Å². The zero-order chi connectivity index (χ0) is 15.5. The highest BCUT2D eigenvalue weighted by Crippen LogP contribution is 2.25. The molecule has 9 heteroatoms. The predicted octanol–water partition coefficient (Wildman–Crippen LogP) is 1.79. The molecule has 0 saturated heterocycles. The molecule has 0 atom stereocenters. The van der Waals surface area contributed by atoms with Crippen molar-refractivity contribution < 1.29 is 12.8 Å². The first-order valence-electron chi connectivity index (χ1n) is 5.87. The molecule has 0 aliphatic heterocycles. The van der Waals surface area contributed by atoms with E-state index in [2.05, 4.69) is 20.2 Å². The van der Waals surface area contributed by atoms with E-state index in [-0.39, 0.29) is 22.9 Å². The Kier molecular flexibility index (Phi) is 4.71. The summed E-state index contributed by atoms with van der Waals surface area (Å²) in [6.07, 6.45) is 1.39. The maximum atomic E-state index is 14.3. The number of hydrogen-bond donors (Lipinski definition) is 2. The van der Waals surface area contributed by atoms with Crippen LogP contribution in [0.5, 0.6) is 0 Å². The first kappa shape index (κ1) is 15.6. The third kappa shape index (κ3) is 3.66. The summed E-state index contributed by atoms with van der Waals surface area (Å²) in [6, 6.07) is 5.33. The molecule has 0 spiro atoms. The van der Waals surface area contributed by atoms with Gasteiger partial charge in [0.2, 0.25) is 0 Å². The maximum Gasteiger partial charge on any atom is 0.266 e. The van der Waals surface area contributed by atoms with Crippen LogP contribution in [0.3, 0.4) is 0 Å². The van der Waals surface area contributed by atoms with Crippen molar-refractivity contribution in [3.8, 4) is 0 Å². The van der Waals surface area contributed by atoms with Crippen LogP contribution >= 0.6 is 11.6 Å². The second-order valence-electron chi connectivity index (χ2n) is 4.12. The number of nitrogens with zero attached hydrogens (tertiary/aromatic N) is 2. The van der Waals surface area contributed by atoms with Crippen molar-refractivity contribution in [2.75, 3.05) is 11.8 Å². The Labute approximate surface area is 126 Å². The summed E-state index contributed by atoms with van der Waals surface area (Å²) in [5.41, 5.74) is 0.157. The average Bonchev–Trinajstić information content (AvgIpc) is 2.43. The van der Waals surface area contributed by atoms with Crippen molar-refractivity contribution in [2.24, 2.45) is 0 Å². The first-order valence-corrected chi connectivity index (χ1v) is 7.73. The van der Waals surface area contributed by atoms with Crippen molar-refractivity contribution in [1.82, 2.24) is 15.5 Å². The van der Waals surface area contributed by atoms with Crippen LogP contribution in [0.1, 0.15) is 5.56 Å². The number of rotatable bonds is 5. The molecule has 112 valence electrons. The van der Waals surface area contributed by atoms with Crippen LogP contribution in [0.25, 0.3) is 0 Å². The predicted molar refractivity (Wildman–Crippen MR) is 77.0 cm³/mol. The molecule has 0 aliphatic carbocycles. The largest absolute Gasteiger partial charge is 0.316 e. The lowest BCUT2D eigenvalue weighted by molar-refractivity contribution is 0.555. The second kappa shape index (κ2) is 6.33. The lowest BCUT2D eigenvalue weighted by atomic mass is 10.2. The summed E-state index contributed by atoms with van der Waals surface area (Å²) >= 11 is 5.85. The van der Waals surface area contributed by atoms with Crippen molar-refractivity contribution in [3.63, 3.8) is 0 Å². The zero-order valence-electron chi connectivity index (χ0n) is 11.0. The van der Waals surface area contributed by atoms with Gasteiger partial charge >= 0.3 is 0 Å². The van der Waals surface area contributed by atoms with Gasteiger partial charge in [-0.3, -0.25) is 4.72 Å². The maximum absolute atomic E-state index is 14.3. The summed E-state index contributed by atoms with van der Waals surface area (Å²) in [4.78, 5) is -0.536. The Morgan fingerprint density at radius 3 is 2.76 bits per heavy atom. The first-order chi connectivity index (χ1) is 9.94. The van der Waals surface area contributed by atoms with E-state index in [0.29, 0.717) is 0 Å². The lowest BCUT2D eigenvalue weighted by Crippen LogP contribution is -2.17. The SMILES string of the molecule is CNCc1cc(Cl)cc(S(=O)(=O)Nc2cccnn2)c1F. The fraction of sp³-hybridized carbons (Fsp3) is 0.167. The van der Waals surface area contributed by atoms with Gasteiger partial charge < -0.3 is 5.32 Å². The van der Waals surface area contributed by atoms with Crippen molar-refractivity contribution in [2.45, 2.75) is 11.4 Å². The molecule has 0 radical (unpaired) electrons. The van der Waals surface area contributed by atoms with E-state index in [4.69, 9.17) is 11.6 Å². The summed E-state index contributed by atoms with van der Waals surface area (Å²) in [6.45, 7) is 0.153. The van der Waals surface area contributed by atoms with E-state index < -0.39 is 20.7 Å². The Morgan fingerprint density at radius 1 is 1.38 bits per heavy atom. The molecule has 0 saturated carbocycles. The zero-order valence-corrected chi connectivity index (χ0v) is 12.5. The minimum atomic E-state index is -4.15. The van der Waals surface area contributed by atoms with Crippen LogP contribution in [0.4, 0.5) is 10.2 Å². The minimum absolute atomic E-state index is 0.00737. The average molecular weight is 331 g/mol. The molecule has 0 unspecified atom stereocenters. The van der Waals surface area contributed by atoms with Crippen LogP contribution in [0.2, 0.25) is 5.02 Å². The normalized spacial score (nSPS) is 11.4. The number of nitrogens with one attached hydrogen (secondary N) is 2. The number of anilines is 1. The van der Waals surface area contributed by atoms with Crippen LogP contribution < -0.4 is 10.0 Å². The highest BCUT2D eigenvalue weighted by atomic mass is 35.5. The molecule has 0 amide bonds. The van der Waals surface area contributed by atoms with Crippen LogP contribution in [-0.2, 0) is 16.6 Å². The van der Waals surface area contributed by atoms with E-state index in [9.17, 15) is 12.8 Å². The molecule has 1 aromatic carbocycles. The van der Waals surface area contributed by atoms with Crippen LogP contribution in [-0.4, -0.2) is 25.7 Å². The molecule has 1 aromatic heterocycles. The number of aromatic nitrogens is 2. The van der Waals surface area contributed by atoms with Gasteiger partial charge in [0.1, 0.15) is 10.7 Å². The molecule has 21 heavy (non-hydrogen) atoms. The Hall–Kier alpha value is -1.77. The third-order valence-corrected chi connectivity index (χ3v) is 4.12. The molecular weight excluding hydrogens is 319 g/mol. The van der Waals surface area contributed by atoms with Gasteiger partial charge in [0.25, 0.3) is 10.0 Å². The summed E-state index contributed by atoms with van der Waals surface area (Å²) < 4.78 is 40.9. The van der Waals surface area contributed by atoms with E-state index in [1.807, 2.05) is 0 Å². The van der Waals surface area contributed by atoms with Gasteiger partial charge in [0, 0.05) is 23.3 Å². The highest BCUT2D eigenvalue weighted by molar-refractivity contribution is 7.92. The van der Waals surface area contributed by atoms with Gasteiger partial charge in [0.05, 0.1) is 0 Å². The van der Waals surface area contributed by atoms with Gasteiger partial charge in [0.15, 0.2) is 5.82 Å². The smallest absolute Gasteiger partial charge is 0.266 e. The Morgan fingerprint density at radius 2 is 2.14 bits per heavy atom.